The van der Waals surface area contributed by atoms with Crippen LogP contribution in [0.4, 0.5) is 11.4 Å². The van der Waals surface area contributed by atoms with E-state index in [0.29, 0.717) is 0 Å². The van der Waals surface area contributed by atoms with Gasteiger partial charge in [0.1, 0.15) is 0 Å². The molecule has 0 saturated heterocycles. The summed E-state index contributed by atoms with van der Waals surface area (Å²) in [5, 5.41) is 3.45. The molecule has 0 N–H and O–H groups in total. The summed E-state index contributed by atoms with van der Waals surface area (Å²) >= 11 is 1.79. The lowest BCUT2D eigenvalue weighted by atomic mass is 10.0. The van der Waals surface area contributed by atoms with Gasteiger partial charge >= 0.3 is 0 Å². The highest BCUT2D eigenvalue weighted by Crippen LogP contribution is 2.30. The highest BCUT2D eigenvalue weighted by molar-refractivity contribution is 7.17. The van der Waals surface area contributed by atoms with E-state index < -0.39 is 0 Å². The van der Waals surface area contributed by atoms with Gasteiger partial charge in [0.25, 0.3) is 0 Å². The van der Waals surface area contributed by atoms with Gasteiger partial charge in [-0.3, -0.25) is 0 Å². The van der Waals surface area contributed by atoms with Crippen LogP contribution < -0.4 is 4.90 Å². The molecule has 0 aliphatic carbocycles. The predicted octanol–water partition coefficient (Wildman–Crippen LogP) is 6.64. The van der Waals surface area contributed by atoms with Crippen molar-refractivity contribution in [2.75, 3.05) is 11.9 Å². The van der Waals surface area contributed by atoms with Gasteiger partial charge in [-0.15, -0.1) is 11.3 Å². The fourth-order valence-electron chi connectivity index (χ4n) is 2.94. The summed E-state index contributed by atoms with van der Waals surface area (Å²) in [6.07, 6.45) is 0. The van der Waals surface area contributed by atoms with Gasteiger partial charge in [-0.2, -0.15) is 0 Å². The molecule has 0 atom stereocenters. The molecule has 118 valence electrons. The summed E-state index contributed by atoms with van der Waals surface area (Å²) in [6, 6.07) is 26.3. The Balaban J connectivity index is 1.62. The van der Waals surface area contributed by atoms with E-state index in [9.17, 15) is 0 Å². The molecule has 0 fully saturated rings. The van der Waals surface area contributed by atoms with Gasteiger partial charge in [0.05, 0.1) is 0 Å². The van der Waals surface area contributed by atoms with Crippen molar-refractivity contribution in [3.63, 3.8) is 0 Å². The molecule has 4 rings (SSSR count). The fourth-order valence-corrected chi connectivity index (χ4v) is 3.71. The third-order valence-electron chi connectivity index (χ3n) is 4.46. The summed E-state index contributed by atoms with van der Waals surface area (Å²) in [5.74, 6) is 0. The summed E-state index contributed by atoms with van der Waals surface area (Å²) in [4.78, 5) is 2.23. The van der Waals surface area contributed by atoms with E-state index in [1.54, 1.807) is 11.3 Å². The third-order valence-corrected chi connectivity index (χ3v) is 5.36. The highest BCUT2D eigenvalue weighted by atomic mass is 32.1. The van der Waals surface area contributed by atoms with Crippen LogP contribution in [0.15, 0.2) is 78.2 Å². The maximum absolute atomic E-state index is 2.25. The normalized spacial score (nSPS) is 10.9. The van der Waals surface area contributed by atoms with Crippen molar-refractivity contribution in [3.8, 4) is 11.1 Å². The van der Waals surface area contributed by atoms with Crippen molar-refractivity contribution in [2.24, 2.45) is 0 Å². The quantitative estimate of drug-likeness (QED) is 0.407. The van der Waals surface area contributed by atoms with Crippen LogP contribution in [0.2, 0.25) is 0 Å². The van der Waals surface area contributed by atoms with E-state index in [-0.39, 0.29) is 0 Å². The molecule has 1 nitrogen and oxygen atoms in total. The molecule has 0 saturated carbocycles. The van der Waals surface area contributed by atoms with Crippen LogP contribution >= 0.6 is 11.3 Å². The SMILES string of the molecule is Cc1ccc(-c2ccc(N(C)c3ccc4sccc4c3)cc2)cc1. The molecular weight excluding hydrogens is 310 g/mol. The zero-order valence-electron chi connectivity index (χ0n) is 13.9. The molecule has 0 aliphatic rings. The van der Waals surface area contributed by atoms with Gasteiger partial charge in [-0.25, -0.2) is 0 Å². The van der Waals surface area contributed by atoms with Crippen molar-refractivity contribution < 1.29 is 0 Å². The molecule has 3 aromatic carbocycles. The average molecular weight is 329 g/mol. The number of benzene rings is 3. The van der Waals surface area contributed by atoms with E-state index >= 15 is 0 Å². The Hall–Kier alpha value is -2.58. The average Bonchev–Trinajstić information content (AvgIpc) is 3.09. The molecule has 0 radical (unpaired) electrons. The second kappa shape index (κ2) is 6.14. The summed E-state index contributed by atoms with van der Waals surface area (Å²) in [7, 11) is 2.12. The largest absolute Gasteiger partial charge is 0.345 e. The molecule has 1 heterocycles. The zero-order valence-corrected chi connectivity index (χ0v) is 14.7. The first-order valence-electron chi connectivity index (χ1n) is 8.09. The van der Waals surface area contributed by atoms with Crippen LogP contribution in [0.25, 0.3) is 21.2 Å². The van der Waals surface area contributed by atoms with Gasteiger partial charge in [-0.1, -0.05) is 42.0 Å². The molecule has 0 unspecified atom stereocenters. The van der Waals surface area contributed by atoms with E-state index in [1.807, 2.05) is 0 Å². The second-order valence-corrected chi connectivity index (χ2v) is 7.06. The Morgan fingerprint density at radius 2 is 1.33 bits per heavy atom. The van der Waals surface area contributed by atoms with Gasteiger partial charge in [0.2, 0.25) is 0 Å². The topological polar surface area (TPSA) is 3.24 Å². The number of fused-ring (bicyclic) bond motifs is 1. The Kier molecular flexibility index (Phi) is 3.83. The van der Waals surface area contributed by atoms with Crippen molar-refractivity contribution >= 4 is 32.8 Å². The number of hydrogen-bond acceptors (Lipinski definition) is 2. The number of nitrogens with zero attached hydrogens (tertiary/aromatic N) is 1. The molecule has 0 aliphatic heterocycles. The minimum absolute atomic E-state index is 1.19. The van der Waals surface area contributed by atoms with E-state index in [0.717, 1.165) is 0 Å². The highest BCUT2D eigenvalue weighted by Gasteiger charge is 2.06. The standard InChI is InChI=1S/C22H19NS/c1-16-3-5-17(6-4-16)18-7-9-20(10-8-18)23(2)21-11-12-22-19(15-21)13-14-24-22/h3-15H,1-2H3. The van der Waals surface area contributed by atoms with Crippen LogP contribution in [-0.2, 0) is 0 Å². The van der Waals surface area contributed by atoms with Crippen LogP contribution in [0.1, 0.15) is 5.56 Å². The van der Waals surface area contributed by atoms with Gasteiger partial charge < -0.3 is 4.90 Å². The lowest BCUT2D eigenvalue weighted by Gasteiger charge is -2.20. The molecule has 2 heteroatoms. The predicted molar refractivity (Wildman–Crippen MR) is 107 cm³/mol. The number of hydrogen-bond donors (Lipinski definition) is 0. The summed E-state index contributed by atoms with van der Waals surface area (Å²) in [6.45, 7) is 2.12. The lowest BCUT2D eigenvalue weighted by Crippen LogP contribution is -2.08. The monoisotopic (exact) mass is 329 g/mol. The van der Waals surface area contributed by atoms with Gasteiger partial charge in [0, 0.05) is 23.1 Å². The molecule has 0 spiro atoms. The Morgan fingerprint density at radius 1 is 0.708 bits per heavy atom. The number of thiophene rings is 1. The maximum Gasteiger partial charge on any atom is 0.0415 e. The third kappa shape index (κ3) is 2.81. The zero-order chi connectivity index (χ0) is 16.5. The number of rotatable bonds is 3. The van der Waals surface area contributed by atoms with Crippen molar-refractivity contribution in [3.05, 3.63) is 83.7 Å². The van der Waals surface area contributed by atoms with E-state index in [1.165, 1.54) is 38.2 Å². The van der Waals surface area contributed by atoms with E-state index in [2.05, 4.69) is 97.0 Å². The van der Waals surface area contributed by atoms with Crippen LogP contribution in [-0.4, -0.2) is 7.05 Å². The van der Waals surface area contributed by atoms with Crippen LogP contribution in [0, 0.1) is 6.92 Å². The number of anilines is 2. The maximum atomic E-state index is 2.25. The first-order chi connectivity index (χ1) is 11.7. The lowest BCUT2D eigenvalue weighted by molar-refractivity contribution is 1.21. The minimum Gasteiger partial charge on any atom is -0.345 e. The van der Waals surface area contributed by atoms with Crippen molar-refractivity contribution in [2.45, 2.75) is 6.92 Å². The van der Waals surface area contributed by atoms with Crippen molar-refractivity contribution in [1.29, 1.82) is 0 Å². The van der Waals surface area contributed by atoms with E-state index in [4.69, 9.17) is 0 Å². The first-order valence-corrected chi connectivity index (χ1v) is 8.97. The van der Waals surface area contributed by atoms with Crippen LogP contribution in [0.3, 0.4) is 0 Å². The molecular formula is C22H19NS. The second-order valence-electron chi connectivity index (χ2n) is 6.11. The Labute approximate surface area is 146 Å². The molecule has 4 aromatic rings. The first kappa shape index (κ1) is 15.0. The number of aryl methyl sites for hydroxylation is 1. The minimum atomic E-state index is 1.19. The van der Waals surface area contributed by atoms with Gasteiger partial charge in [-0.05, 0) is 65.2 Å². The fraction of sp³-hybridized carbons (Fsp3) is 0.0909. The molecule has 24 heavy (non-hydrogen) atoms. The Morgan fingerprint density at radius 3 is 2.04 bits per heavy atom. The van der Waals surface area contributed by atoms with Crippen molar-refractivity contribution in [1.82, 2.24) is 0 Å². The smallest absolute Gasteiger partial charge is 0.0415 e. The van der Waals surface area contributed by atoms with Gasteiger partial charge in [0.15, 0.2) is 0 Å². The van der Waals surface area contributed by atoms with Crippen LogP contribution in [0.5, 0.6) is 0 Å². The Bertz CT molecular complexity index is 965. The molecule has 0 amide bonds. The summed E-state index contributed by atoms with van der Waals surface area (Å²) in [5.41, 5.74) is 6.21. The summed E-state index contributed by atoms with van der Waals surface area (Å²) < 4.78 is 1.34. The molecule has 0 bridgehead atoms. The molecule has 1 aromatic heterocycles.